The molecule has 8 heteroatoms. The molecule has 2 aromatic carbocycles. The average molecular weight is 916 g/mol. The van der Waals surface area contributed by atoms with Crippen LogP contribution in [0.1, 0.15) is 155 Å². The van der Waals surface area contributed by atoms with Gasteiger partial charge in [0.2, 0.25) is 0 Å². The average Bonchev–Trinajstić information content (AvgIpc) is 3.31. The Morgan fingerprint density at radius 2 is 0.703 bits per heavy atom. The Bertz CT molecular complexity index is 1420. The van der Waals surface area contributed by atoms with Gasteiger partial charge in [-0.1, -0.05) is 135 Å². The van der Waals surface area contributed by atoms with Gasteiger partial charge in [-0.3, -0.25) is 0 Å². The van der Waals surface area contributed by atoms with Crippen LogP contribution in [0.3, 0.4) is 0 Å². The first-order chi connectivity index (χ1) is 31.3. The normalized spacial score (nSPS) is 15.6. The van der Waals surface area contributed by atoms with Crippen LogP contribution < -0.4 is 0 Å². The van der Waals surface area contributed by atoms with Crippen molar-refractivity contribution < 1.29 is 26.6 Å². The smallest absolute Gasteiger partial charge is 0.374 e. The summed E-state index contributed by atoms with van der Waals surface area (Å²) in [4.78, 5) is 0. The van der Waals surface area contributed by atoms with Crippen LogP contribution in [0.25, 0.3) is 0 Å². The Labute approximate surface area is 395 Å². The van der Waals surface area contributed by atoms with E-state index in [1.165, 1.54) is 11.1 Å². The molecule has 0 spiro atoms. The third-order valence-corrected chi connectivity index (χ3v) is 19.5. The van der Waals surface area contributed by atoms with Crippen molar-refractivity contribution in [2.45, 2.75) is 155 Å². The van der Waals surface area contributed by atoms with Crippen LogP contribution in [0, 0.1) is 11.8 Å². The summed E-state index contributed by atoms with van der Waals surface area (Å²) in [6.07, 6.45) is 34.3. The number of hydrogen-bond donors (Lipinski definition) is 0. The molecule has 358 valence electrons. The van der Waals surface area contributed by atoms with Gasteiger partial charge in [0.15, 0.2) is 0 Å². The number of benzene rings is 2. The van der Waals surface area contributed by atoms with Crippen LogP contribution in [0.5, 0.6) is 0 Å². The van der Waals surface area contributed by atoms with Gasteiger partial charge in [-0.05, 0) is 153 Å². The van der Waals surface area contributed by atoms with E-state index in [4.69, 9.17) is 26.6 Å². The van der Waals surface area contributed by atoms with Crippen molar-refractivity contribution in [2.24, 2.45) is 11.8 Å². The van der Waals surface area contributed by atoms with Gasteiger partial charge in [0.25, 0.3) is 0 Å². The lowest BCUT2D eigenvalue weighted by Gasteiger charge is -2.46. The van der Waals surface area contributed by atoms with Gasteiger partial charge in [-0.25, -0.2) is 0 Å². The Balaban J connectivity index is 2.94. The molecule has 6 unspecified atom stereocenters. The number of rotatable bonds is 39. The fourth-order valence-corrected chi connectivity index (χ4v) is 16.9. The Kier molecular flexibility index (Phi) is 31.5. The van der Waals surface area contributed by atoms with Crippen molar-refractivity contribution >= 4 is 17.6 Å². The third kappa shape index (κ3) is 20.3. The molecule has 0 aliphatic rings. The molecule has 2 rings (SSSR count). The van der Waals surface area contributed by atoms with Crippen molar-refractivity contribution in [2.75, 3.05) is 39.6 Å². The highest BCUT2D eigenvalue weighted by atomic mass is 28.4. The first-order valence-electron chi connectivity index (χ1n) is 25.1. The van der Waals surface area contributed by atoms with E-state index >= 15 is 0 Å². The fourth-order valence-electron chi connectivity index (χ4n) is 9.05. The maximum Gasteiger partial charge on any atom is 0.504 e. The molecule has 0 heterocycles. The molecule has 0 aromatic heterocycles. The van der Waals surface area contributed by atoms with Gasteiger partial charge in [0.1, 0.15) is 0 Å². The van der Waals surface area contributed by atoms with Crippen molar-refractivity contribution in [3.63, 3.8) is 0 Å². The molecule has 6 atom stereocenters. The van der Waals surface area contributed by atoms with E-state index in [9.17, 15) is 0 Å². The summed E-state index contributed by atoms with van der Waals surface area (Å²) in [5.41, 5.74) is 2.15. The lowest BCUT2D eigenvalue weighted by molar-refractivity contribution is 0.0334. The van der Waals surface area contributed by atoms with E-state index in [2.05, 4.69) is 190 Å². The van der Waals surface area contributed by atoms with Crippen LogP contribution in [0.4, 0.5) is 0 Å². The van der Waals surface area contributed by atoms with Gasteiger partial charge in [0.05, 0.1) is 0 Å². The van der Waals surface area contributed by atoms with E-state index < -0.39 is 17.6 Å². The van der Waals surface area contributed by atoms with E-state index in [1.807, 2.05) is 0 Å². The SMILES string of the molecule is C=CC(C/C=C/CC/C=C\CC)CC(CC(C(CC(CC(C=C)C/C=C/CC/C=C\CC)c1ccccc1)[Si](OCC)(OCC)OCC)[Si](OCC)(OCC)OCC)c1ccccc1. The lowest BCUT2D eigenvalue weighted by Crippen LogP contribution is -2.59. The maximum atomic E-state index is 7.04. The molecule has 0 fully saturated rings. The van der Waals surface area contributed by atoms with Gasteiger partial charge >= 0.3 is 17.6 Å². The summed E-state index contributed by atoms with van der Waals surface area (Å²) in [5.74, 6) is 0.803. The van der Waals surface area contributed by atoms with Gasteiger partial charge < -0.3 is 26.6 Å². The Morgan fingerprint density at radius 1 is 0.406 bits per heavy atom. The number of hydrogen-bond acceptors (Lipinski definition) is 6. The minimum Gasteiger partial charge on any atom is -0.374 e. The zero-order valence-corrected chi connectivity index (χ0v) is 43.6. The summed E-state index contributed by atoms with van der Waals surface area (Å²) in [6.45, 7) is 28.3. The molecule has 0 aliphatic heterocycles. The monoisotopic (exact) mass is 915 g/mol. The second kappa shape index (κ2) is 35.3. The molecule has 0 N–H and O–H groups in total. The zero-order chi connectivity index (χ0) is 46.7. The molecule has 0 amide bonds. The standard InChI is InChI=1S/C56H90O6Si2/c1-11-21-23-25-27-29-33-39-49(13-3)45-53(51-41-35-31-36-42-51)47-55(63(57-15-5,58-16-6)59-17-7)56(64(60-18-8,61-19-9)62-20-10)48-54(52-43-37-32-38-44-52)46-50(14-4)40-34-30-28-26-24-22-12-2/h13-14,21-24,29-38,41-44,49-50,53-56H,3-4,11-12,15-20,25-28,39-40,45-48H2,1-2,5-10H3/b23-21-,24-22-,33-29+,34-30+. The van der Waals surface area contributed by atoms with E-state index in [0.29, 0.717) is 39.6 Å². The molecule has 0 saturated carbocycles. The highest BCUT2D eigenvalue weighted by Crippen LogP contribution is 2.54. The predicted molar refractivity (Wildman–Crippen MR) is 278 cm³/mol. The largest absolute Gasteiger partial charge is 0.504 e. The molecule has 2 aromatic rings. The molecule has 64 heavy (non-hydrogen) atoms. The molecular formula is C56H90O6Si2. The summed E-state index contributed by atoms with van der Waals surface area (Å²) >= 11 is 0. The number of unbranched alkanes of at least 4 members (excludes halogenated alkanes) is 2. The van der Waals surface area contributed by atoms with Crippen LogP contribution in [0.2, 0.25) is 11.1 Å². The summed E-state index contributed by atoms with van der Waals surface area (Å²) in [6, 6.07) is 22.0. The van der Waals surface area contributed by atoms with E-state index in [1.54, 1.807) is 0 Å². The zero-order valence-electron chi connectivity index (χ0n) is 41.6. The Hall–Kier alpha value is -2.93. The van der Waals surface area contributed by atoms with Crippen LogP contribution in [-0.2, 0) is 26.6 Å². The highest BCUT2D eigenvalue weighted by Gasteiger charge is 2.63. The number of allylic oxidation sites excluding steroid dienone is 10. The van der Waals surface area contributed by atoms with Crippen molar-refractivity contribution in [1.82, 2.24) is 0 Å². The molecule has 0 radical (unpaired) electrons. The van der Waals surface area contributed by atoms with Crippen LogP contribution in [0.15, 0.2) is 135 Å². The third-order valence-electron chi connectivity index (χ3n) is 11.9. The van der Waals surface area contributed by atoms with Gasteiger partial charge in [-0.15, -0.1) is 13.2 Å². The van der Waals surface area contributed by atoms with Crippen LogP contribution in [-0.4, -0.2) is 57.3 Å². The van der Waals surface area contributed by atoms with Gasteiger partial charge in [0, 0.05) is 50.7 Å². The summed E-state index contributed by atoms with van der Waals surface area (Å²) in [7, 11) is -7.07. The first kappa shape index (κ1) is 57.2. The second-order valence-electron chi connectivity index (χ2n) is 16.5. The quantitative estimate of drug-likeness (QED) is 0.0378. The highest BCUT2D eigenvalue weighted by molar-refractivity contribution is 6.69. The van der Waals surface area contributed by atoms with Crippen molar-refractivity contribution in [3.8, 4) is 0 Å². The Morgan fingerprint density at radius 3 is 0.969 bits per heavy atom. The van der Waals surface area contributed by atoms with Crippen LogP contribution >= 0.6 is 0 Å². The molecule has 0 aliphatic carbocycles. The van der Waals surface area contributed by atoms with Gasteiger partial charge in [-0.2, -0.15) is 0 Å². The fraction of sp³-hybridized carbons (Fsp3) is 0.571. The minimum absolute atomic E-state index is 0.135. The maximum absolute atomic E-state index is 7.04. The van der Waals surface area contributed by atoms with E-state index in [0.717, 1.165) is 77.0 Å². The lowest BCUT2D eigenvalue weighted by atomic mass is 9.81. The van der Waals surface area contributed by atoms with Crippen molar-refractivity contribution in [1.29, 1.82) is 0 Å². The topological polar surface area (TPSA) is 55.4 Å². The molecule has 0 saturated heterocycles. The predicted octanol–water partition coefficient (Wildman–Crippen LogP) is 15.9. The second-order valence-corrected chi connectivity index (χ2v) is 22.1. The van der Waals surface area contributed by atoms with Crippen molar-refractivity contribution in [3.05, 3.63) is 146 Å². The molecule has 0 bridgehead atoms. The first-order valence-corrected chi connectivity index (χ1v) is 28.7. The minimum atomic E-state index is -3.53. The molecular weight excluding hydrogens is 825 g/mol. The summed E-state index contributed by atoms with van der Waals surface area (Å²) in [5, 5.41) is 0. The molecule has 6 nitrogen and oxygen atoms in total. The van der Waals surface area contributed by atoms with E-state index in [-0.39, 0.29) is 34.8 Å². The summed E-state index contributed by atoms with van der Waals surface area (Å²) < 4.78 is 42.3.